The number of carbonyl (C=O) groups excluding carboxylic acids is 1. The van der Waals surface area contributed by atoms with Crippen LogP contribution in [0.25, 0.3) is 0 Å². The summed E-state index contributed by atoms with van der Waals surface area (Å²) in [5.74, 6) is 0.352. The van der Waals surface area contributed by atoms with E-state index in [2.05, 4.69) is 5.32 Å². The van der Waals surface area contributed by atoms with Crippen molar-refractivity contribution in [3.8, 4) is 5.75 Å². The molecule has 5 heteroatoms. The number of carbonyl (C=O) groups is 1. The van der Waals surface area contributed by atoms with Crippen LogP contribution < -0.4 is 10.1 Å². The number of amides is 1. The molecule has 1 aromatic carbocycles. The zero-order valence-corrected chi connectivity index (χ0v) is 9.99. The van der Waals surface area contributed by atoms with E-state index >= 15 is 0 Å². The Morgan fingerprint density at radius 1 is 1.39 bits per heavy atom. The average molecular weight is 250 g/mol. The van der Waals surface area contributed by atoms with Crippen molar-refractivity contribution in [1.29, 1.82) is 0 Å². The summed E-state index contributed by atoms with van der Waals surface area (Å²) < 4.78 is 18.7. The first-order valence-electron chi connectivity index (χ1n) is 6.18. The molecule has 18 heavy (non-hydrogen) atoms. The third kappa shape index (κ3) is 2.06. The molecule has 0 aliphatic carbocycles. The van der Waals surface area contributed by atoms with Crippen LogP contribution in [-0.2, 0) is 11.2 Å². The first-order valence-corrected chi connectivity index (χ1v) is 6.18. The zero-order valence-electron chi connectivity index (χ0n) is 9.99. The summed E-state index contributed by atoms with van der Waals surface area (Å²) >= 11 is 0. The number of fused-ring (bicyclic) bond motifs is 1. The predicted molar refractivity (Wildman–Crippen MR) is 64.0 cm³/mol. The molecule has 96 valence electrons. The molecule has 1 amide bonds. The monoisotopic (exact) mass is 250 g/mol. The number of halogens is 1. The minimum Gasteiger partial charge on any atom is -0.480 e. The second-order valence-electron chi connectivity index (χ2n) is 4.64. The lowest BCUT2D eigenvalue weighted by Gasteiger charge is -2.29. The summed E-state index contributed by atoms with van der Waals surface area (Å²) in [6.07, 6.45) is -0.0181. The fourth-order valence-corrected chi connectivity index (χ4v) is 2.44. The Kier molecular flexibility index (Phi) is 2.91. The topological polar surface area (TPSA) is 41.6 Å². The van der Waals surface area contributed by atoms with Gasteiger partial charge in [-0.1, -0.05) is 0 Å². The van der Waals surface area contributed by atoms with Crippen molar-refractivity contribution in [3.05, 3.63) is 29.6 Å². The lowest BCUT2D eigenvalue weighted by Crippen LogP contribution is -2.50. The molecule has 2 aliphatic heterocycles. The van der Waals surface area contributed by atoms with E-state index in [-0.39, 0.29) is 11.7 Å². The van der Waals surface area contributed by atoms with Crippen LogP contribution in [0.2, 0.25) is 0 Å². The van der Waals surface area contributed by atoms with Crippen LogP contribution in [0.3, 0.4) is 0 Å². The van der Waals surface area contributed by atoms with Crippen molar-refractivity contribution in [2.24, 2.45) is 0 Å². The largest absolute Gasteiger partial charge is 0.480 e. The molecule has 2 aliphatic rings. The molecule has 1 atom stereocenters. The molecule has 2 heterocycles. The molecular formula is C13H15FN2O2. The summed E-state index contributed by atoms with van der Waals surface area (Å²) in [7, 11) is 0. The Bertz CT molecular complexity index is 472. The normalized spacial score (nSPS) is 22.5. The Morgan fingerprint density at radius 3 is 2.94 bits per heavy atom. The molecule has 1 N–H and O–H groups in total. The van der Waals surface area contributed by atoms with Crippen molar-refractivity contribution in [3.63, 3.8) is 0 Å². The van der Waals surface area contributed by atoms with Crippen LogP contribution >= 0.6 is 0 Å². The van der Waals surface area contributed by atoms with Gasteiger partial charge in [-0.25, -0.2) is 4.39 Å². The molecule has 1 saturated heterocycles. The fourth-order valence-electron chi connectivity index (χ4n) is 2.44. The van der Waals surface area contributed by atoms with E-state index in [0.29, 0.717) is 25.3 Å². The van der Waals surface area contributed by atoms with Gasteiger partial charge in [0.25, 0.3) is 5.91 Å². The Morgan fingerprint density at radius 2 is 2.17 bits per heavy atom. The molecule has 0 spiro atoms. The van der Waals surface area contributed by atoms with E-state index in [4.69, 9.17) is 4.74 Å². The van der Waals surface area contributed by atoms with Gasteiger partial charge in [0.15, 0.2) is 6.10 Å². The second kappa shape index (κ2) is 4.57. The van der Waals surface area contributed by atoms with E-state index in [0.717, 1.165) is 18.7 Å². The average Bonchev–Trinajstić information content (AvgIpc) is 2.81. The predicted octanol–water partition coefficient (Wildman–Crippen LogP) is 0.561. The summed E-state index contributed by atoms with van der Waals surface area (Å²) in [6, 6.07) is 4.40. The van der Waals surface area contributed by atoms with Crippen LogP contribution in [-0.4, -0.2) is 43.1 Å². The summed E-state index contributed by atoms with van der Waals surface area (Å²) in [6.45, 7) is 3.06. The number of hydrogen-bond donors (Lipinski definition) is 1. The maximum absolute atomic E-state index is 13.1. The van der Waals surface area contributed by atoms with E-state index in [1.807, 2.05) is 4.90 Å². The van der Waals surface area contributed by atoms with Crippen molar-refractivity contribution in [2.75, 3.05) is 26.2 Å². The quantitative estimate of drug-likeness (QED) is 0.792. The summed E-state index contributed by atoms with van der Waals surface area (Å²) in [5, 5.41) is 3.20. The first-order chi connectivity index (χ1) is 8.74. The number of rotatable bonds is 1. The van der Waals surface area contributed by atoms with Gasteiger partial charge in [0, 0.05) is 38.2 Å². The molecule has 3 rings (SSSR count). The van der Waals surface area contributed by atoms with E-state index in [1.54, 1.807) is 6.07 Å². The molecule has 1 fully saturated rings. The lowest BCUT2D eigenvalue weighted by molar-refractivity contribution is -0.138. The van der Waals surface area contributed by atoms with Crippen molar-refractivity contribution in [2.45, 2.75) is 12.5 Å². The molecule has 1 unspecified atom stereocenters. The highest BCUT2D eigenvalue weighted by molar-refractivity contribution is 5.82. The molecule has 0 bridgehead atoms. The molecule has 4 nitrogen and oxygen atoms in total. The third-order valence-electron chi connectivity index (χ3n) is 3.40. The van der Waals surface area contributed by atoms with Gasteiger partial charge < -0.3 is 15.0 Å². The van der Waals surface area contributed by atoms with E-state index < -0.39 is 6.10 Å². The Hall–Kier alpha value is -1.62. The van der Waals surface area contributed by atoms with Crippen LogP contribution in [0.4, 0.5) is 4.39 Å². The van der Waals surface area contributed by atoms with Crippen LogP contribution in [0, 0.1) is 5.82 Å². The zero-order chi connectivity index (χ0) is 12.5. The number of piperazine rings is 1. The van der Waals surface area contributed by atoms with Crippen molar-refractivity contribution >= 4 is 5.91 Å². The number of hydrogen-bond acceptors (Lipinski definition) is 3. The Labute approximate surface area is 105 Å². The highest BCUT2D eigenvalue weighted by Gasteiger charge is 2.32. The van der Waals surface area contributed by atoms with Crippen molar-refractivity contribution < 1.29 is 13.9 Å². The number of nitrogens with zero attached hydrogens (tertiary/aromatic N) is 1. The summed E-state index contributed by atoms with van der Waals surface area (Å²) in [4.78, 5) is 14.0. The van der Waals surface area contributed by atoms with Crippen LogP contribution in [0.5, 0.6) is 5.75 Å². The standard InChI is InChI=1S/C13H15FN2O2/c14-10-1-2-11-9(7-10)8-12(18-11)13(17)16-5-3-15-4-6-16/h1-2,7,12,15H,3-6,8H2. The van der Waals surface area contributed by atoms with Gasteiger partial charge in [-0.2, -0.15) is 0 Å². The number of ether oxygens (including phenoxy) is 1. The highest BCUT2D eigenvalue weighted by Crippen LogP contribution is 2.30. The molecule has 0 aromatic heterocycles. The van der Waals surface area contributed by atoms with Crippen LogP contribution in [0.1, 0.15) is 5.56 Å². The molecule has 0 radical (unpaired) electrons. The van der Waals surface area contributed by atoms with Crippen molar-refractivity contribution in [1.82, 2.24) is 10.2 Å². The number of benzene rings is 1. The smallest absolute Gasteiger partial charge is 0.264 e. The second-order valence-corrected chi connectivity index (χ2v) is 4.64. The van der Waals surface area contributed by atoms with Crippen LogP contribution in [0.15, 0.2) is 18.2 Å². The van der Waals surface area contributed by atoms with Gasteiger partial charge in [-0.15, -0.1) is 0 Å². The first kappa shape index (κ1) is 11.5. The number of nitrogens with one attached hydrogen (secondary N) is 1. The Balaban J connectivity index is 1.71. The molecule has 1 aromatic rings. The molecule has 0 saturated carbocycles. The minimum atomic E-state index is -0.486. The van der Waals surface area contributed by atoms with Gasteiger partial charge in [0.05, 0.1) is 0 Å². The van der Waals surface area contributed by atoms with Gasteiger partial charge in [0.2, 0.25) is 0 Å². The maximum atomic E-state index is 13.1. The fraction of sp³-hybridized carbons (Fsp3) is 0.462. The lowest BCUT2D eigenvalue weighted by atomic mass is 10.1. The maximum Gasteiger partial charge on any atom is 0.264 e. The van der Waals surface area contributed by atoms with Gasteiger partial charge in [0.1, 0.15) is 11.6 Å². The third-order valence-corrected chi connectivity index (χ3v) is 3.40. The van der Waals surface area contributed by atoms with Gasteiger partial charge >= 0.3 is 0 Å². The highest BCUT2D eigenvalue weighted by atomic mass is 19.1. The van der Waals surface area contributed by atoms with Gasteiger partial charge in [-0.05, 0) is 18.2 Å². The SMILES string of the molecule is O=C(C1Cc2cc(F)ccc2O1)N1CCNCC1. The molecular weight excluding hydrogens is 235 g/mol. The minimum absolute atomic E-state index is 0.00751. The summed E-state index contributed by atoms with van der Waals surface area (Å²) in [5.41, 5.74) is 0.781. The van der Waals surface area contributed by atoms with E-state index in [9.17, 15) is 9.18 Å². The van der Waals surface area contributed by atoms with E-state index in [1.165, 1.54) is 12.1 Å². The van der Waals surface area contributed by atoms with Gasteiger partial charge in [-0.3, -0.25) is 4.79 Å².